The van der Waals surface area contributed by atoms with Gasteiger partial charge in [-0.15, -0.1) is 0 Å². The predicted octanol–water partition coefficient (Wildman–Crippen LogP) is 5.24. The standard InChI is InChI=1S/C16H16BrF2N/c1-11(13-6-8-15(17)9-7-13)20-10-12-2-4-14(5-3-12)16(18)19/h2-9,11,16,20H,10H2,1H3/t11-/m1/s1. The number of hydrogen-bond acceptors (Lipinski definition) is 1. The number of hydrogen-bond donors (Lipinski definition) is 1. The molecule has 0 heterocycles. The zero-order chi connectivity index (χ0) is 14.5. The molecule has 4 heteroatoms. The third kappa shape index (κ3) is 4.12. The van der Waals surface area contributed by atoms with Crippen molar-refractivity contribution in [2.24, 2.45) is 0 Å². The summed E-state index contributed by atoms with van der Waals surface area (Å²) >= 11 is 3.41. The number of rotatable bonds is 5. The van der Waals surface area contributed by atoms with Crippen LogP contribution in [0.5, 0.6) is 0 Å². The van der Waals surface area contributed by atoms with Gasteiger partial charge in [-0.25, -0.2) is 8.78 Å². The summed E-state index contributed by atoms with van der Waals surface area (Å²) in [5, 5.41) is 3.38. The average molecular weight is 340 g/mol. The van der Waals surface area contributed by atoms with Gasteiger partial charge in [0.1, 0.15) is 0 Å². The summed E-state index contributed by atoms with van der Waals surface area (Å²) in [6, 6.07) is 14.8. The van der Waals surface area contributed by atoms with E-state index in [4.69, 9.17) is 0 Å². The molecule has 20 heavy (non-hydrogen) atoms. The Morgan fingerprint density at radius 1 is 0.950 bits per heavy atom. The smallest absolute Gasteiger partial charge is 0.263 e. The number of halogens is 3. The lowest BCUT2D eigenvalue weighted by Crippen LogP contribution is -2.17. The first kappa shape index (κ1) is 15.1. The van der Waals surface area contributed by atoms with Crippen LogP contribution >= 0.6 is 15.9 Å². The molecule has 0 aromatic heterocycles. The van der Waals surface area contributed by atoms with E-state index in [0.717, 1.165) is 10.0 Å². The van der Waals surface area contributed by atoms with Crippen LogP contribution < -0.4 is 5.32 Å². The SMILES string of the molecule is C[C@@H](NCc1ccc(C(F)F)cc1)c1ccc(Br)cc1. The summed E-state index contributed by atoms with van der Waals surface area (Å²) in [5.74, 6) is 0. The van der Waals surface area contributed by atoms with Crippen LogP contribution in [0.4, 0.5) is 8.78 Å². The largest absolute Gasteiger partial charge is 0.306 e. The molecule has 2 aromatic carbocycles. The van der Waals surface area contributed by atoms with Gasteiger partial charge in [0.05, 0.1) is 0 Å². The van der Waals surface area contributed by atoms with Gasteiger partial charge in [-0.2, -0.15) is 0 Å². The van der Waals surface area contributed by atoms with E-state index in [1.807, 2.05) is 12.1 Å². The summed E-state index contributed by atoms with van der Waals surface area (Å²) in [5.41, 5.74) is 2.26. The molecule has 0 spiro atoms. The Labute approximate surface area is 126 Å². The highest BCUT2D eigenvalue weighted by atomic mass is 79.9. The van der Waals surface area contributed by atoms with Gasteiger partial charge in [-0.3, -0.25) is 0 Å². The average Bonchev–Trinajstić information content (AvgIpc) is 2.46. The summed E-state index contributed by atoms with van der Waals surface area (Å²) in [6.45, 7) is 2.73. The first-order valence-corrected chi connectivity index (χ1v) is 7.21. The number of benzene rings is 2. The molecule has 0 aliphatic carbocycles. The quantitative estimate of drug-likeness (QED) is 0.785. The minimum Gasteiger partial charge on any atom is -0.306 e. The molecule has 1 atom stereocenters. The van der Waals surface area contributed by atoms with E-state index in [2.05, 4.69) is 40.3 Å². The first-order chi connectivity index (χ1) is 9.56. The maximum absolute atomic E-state index is 12.4. The molecular formula is C16H16BrF2N. The van der Waals surface area contributed by atoms with Gasteiger partial charge in [-0.05, 0) is 30.2 Å². The van der Waals surface area contributed by atoms with Gasteiger partial charge in [0, 0.05) is 22.6 Å². The second-order valence-electron chi connectivity index (χ2n) is 4.70. The van der Waals surface area contributed by atoms with Gasteiger partial charge in [0.15, 0.2) is 0 Å². The second-order valence-corrected chi connectivity index (χ2v) is 5.61. The lowest BCUT2D eigenvalue weighted by molar-refractivity contribution is 0.151. The molecule has 0 saturated heterocycles. The lowest BCUT2D eigenvalue weighted by Gasteiger charge is -2.14. The monoisotopic (exact) mass is 339 g/mol. The van der Waals surface area contributed by atoms with Crippen molar-refractivity contribution in [2.45, 2.75) is 25.9 Å². The Hall–Kier alpha value is -1.26. The molecule has 0 radical (unpaired) electrons. The molecule has 0 fully saturated rings. The lowest BCUT2D eigenvalue weighted by atomic mass is 10.1. The minimum atomic E-state index is -2.40. The summed E-state index contributed by atoms with van der Waals surface area (Å²) in [7, 11) is 0. The Kier molecular flexibility index (Phi) is 5.26. The zero-order valence-corrected chi connectivity index (χ0v) is 12.7. The van der Waals surface area contributed by atoms with Crippen molar-refractivity contribution in [2.75, 3.05) is 0 Å². The van der Waals surface area contributed by atoms with Crippen LogP contribution in [0.25, 0.3) is 0 Å². The molecule has 0 bridgehead atoms. The van der Waals surface area contributed by atoms with E-state index >= 15 is 0 Å². The fourth-order valence-electron chi connectivity index (χ4n) is 1.92. The van der Waals surface area contributed by atoms with Crippen molar-refractivity contribution < 1.29 is 8.78 Å². The Bertz CT molecular complexity index is 537. The third-order valence-electron chi connectivity index (χ3n) is 3.21. The van der Waals surface area contributed by atoms with E-state index in [0.29, 0.717) is 6.54 Å². The predicted molar refractivity (Wildman–Crippen MR) is 80.8 cm³/mol. The van der Waals surface area contributed by atoms with Crippen LogP contribution in [0.2, 0.25) is 0 Å². The van der Waals surface area contributed by atoms with Gasteiger partial charge in [-0.1, -0.05) is 52.3 Å². The van der Waals surface area contributed by atoms with Crippen molar-refractivity contribution in [3.05, 3.63) is 69.7 Å². The Balaban J connectivity index is 1.92. The maximum Gasteiger partial charge on any atom is 0.263 e. The zero-order valence-electron chi connectivity index (χ0n) is 11.1. The van der Waals surface area contributed by atoms with E-state index < -0.39 is 6.43 Å². The molecule has 0 aliphatic heterocycles. The van der Waals surface area contributed by atoms with Gasteiger partial charge in [0.25, 0.3) is 6.43 Å². The Morgan fingerprint density at radius 3 is 2.05 bits per heavy atom. The number of nitrogens with one attached hydrogen (secondary N) is 1. The van der Waals surface area contributed by atoms with Crippen LogP contribution in [0.3, 0.4) is 0 Å². The van der Waals surface area contributed by atoms with Crippen LogP contribution in [0.1, 0.15) is 36.1 Å². The first-order valence-electron chi connectivity index (χ1n) is 6.42. The van der Waals surface area contributed by atoms with Crippen molar-refractivity contribution in [3.63, 3.8) is 0 Å². The van der Waals surface area contributed by atoms with E-state index in [1.165, 1.54) is 17.7 Å². The van der Waals surface area contributed by atoms with Gasteiger partial charge < -0.3 is 5.32 Å². The second kappa shape index (κ2) is 6.95. The molecular weight excluding hydrogens is 324 g/mol. The van der Waals surface area contributed by atoms with Gasteiger partial charge in [0.2, 0.25) is 0 Å². The highest BCUT2D eigenvalue weighted by Crippen LogP contribution is 2.20. The molecule has 0 saturated carbocycles. The highest BCUT2D eigenvalue weighted by Gasteiger charge is 2.07. The molecule has 0 aliphatic rings. The van der Waals surface area contributed by atoms with Crippen LogP contribution in [0, 0.1) is 0 Å². The summed E-state index contributed by atoms with van der Waals surface area (Å²) in [6.07, 6.45) is -2.40. The van der Waals surface area contributed by atoms with E-state index in [1.54, 1.807) is 12.1 Å². The molecule has 2 rings (SSSR count). The Morgan fingerprint density at radius 2 is 1.50 bits per heavy atom. The molecule has 1 N–H and O–H groups in total. The molecule has 1 nitrogen and oxygen atoms in total. The van der Waals surface area contributed by atoms with E-state index in [9.17, 15) is 8.78 Å². The summed E-state index contributed by atoms with van der Waals surface area (Å²) in [4.78, 5) is 0. The van der Waals surface area contributed by atoms with Crippen LogP contribution in [-0.2, 0) is 6.54 Å². The molecule has 106 valence electrons. The molecule has 2 aromatic rings. The normalized spacial score (nSPS) is 12.7. The number of alkyl halides is 2. The maximum atomic E-state index is 12.4. The molecule has 0 amide bonds. The summed E-state index contributed by atoms with van der Waals surface area (Å²) < 4.78 is 25.9. The fourth-order valence-corrected chi connectivity index (χ4v) is 2.19. The van der Waals surface area contributed by atoms with E-state index in [-0.39, 0.29) is 11.6 Å². The third-order valence-corrected chi connectivity index (χ3v) is 3.74. The van der Waals surface area contributed by atoms with Gasteiger partial charge >= 0.3 is 0 Å². The molecule has 0 unspecified atom stereocenters. The fraction of sp³-hybridized carbons (Fsp3) is 0.250. The topological polar surface area (TPSA) is 12.0 Å². The highest BCUT2D eigenvalue weighted by molar-refractivity contribution is 9.10. The van der Waals surface area contributed by atoms with Crippen LogP contribution in [-0.4, -0.2) is 0 Å². The van der Waals surface area contributed by atoms with Crippen molar-refractivity contribution in [1.82, 2.24) is 5.32 Å². The van der Waals surface area contributed by atoms with Crippen LogP contribution in [0.15, 0.2) is 53.0 Å². The van der Waals surface area contributed by atoms with Crippen molar-refractivity contribution >= 4 is 15.9 Å². The van der Waals surface area contributed by atoms with Crippen molar-refractivity contribution in [1.29, 1.82) is 0 Å². The minimum absolute atomic E-state index is 0.0645. The van der Waals surface area contributed by atoms with Crippen molar-refractivity contribution in [3.8, 4) is 0 Å².